The highest BCUT2D eigenvalue weighted by atomic mass is 32.2. The summed E-state index contributed by atoms with van der Waals surface area (Å²) in [6.07, 6.45) is 1.37. The normalized spacial score (nSPS) is 13.9. The zero-order chi connectivity index (χ0) is 22.9. The molecule has 32 heavy (non-hydrogen) atoms. The molecule has 0 aliphatic rings. The zero-order valence-corrected chi connectivity index (χ0v) is 19.8. The van der Waals surface area contributed by atoms with Crippen LogP contribution in [0.2, 0.25) is 0 Å². The van der Waals surface area contributed by atoms with Crippen LogP contribution in [-0.4, -0.2) is 19.1 Å². The van der Waals surface area contributed by atoms with Crippen LogP contribution in [0.4, 0.5) is 0 Å². The molecule has 5 nitrogen and oxygen atoms in total. The molecule has 1 unspecified atom stereocenters. The van der Waals surface area contributed by atoms with E-state index in [4.69, 9.17) is 14.6 Å². The van der Waals surface area contributed by atoms with Gasteiger partial charge in [0.15, 0.2) is 5.58 Å². The molecule has 2 aromatic carbocycles. The standard InChI is InChI=1S/C26H29N3O2S/c1-17-13-14-18(2)28-23(17)15-19(16-26(3,4)32(27)30)20-9-5-6-10-21(20)25-22-11-7-8-12-24(22)31-29-25/h5-14,19H,15-16,27H2,1-4H3/t19-,32?/m0/s1. The van der Waals surface area contributed by atoms with E-state index >= 15 is 0 Å². The SMILES string of the molecule is Cc1ccc(C)c(C[C@@H](CC(C)(C)S(N)=O)c2ccccc2-c2noc3ccccc23)n1. The fourth-order valence-corrected chi connectivity index (χ4v) is 4.60. The molecule has 0 aliphatic carbocycles. The second kappa shape index (κ2) is 8.96. The van der Waals surface area contributed by atoms with Crippen molar-refractivity contribution in [2.24, 2.45) is 5.14 Å². The molecule has 0 aliphatic heterocycles. The highest BCUT2D eigenvalue weighted by Gasteiger charge is 2.31. The second-order valence-electron chi connectivity index (χ2n) is 8.99. The van der Waals surface area contributed by atoms with Crippen LogP contribution in [0.25, 0.3) is 22.2 Å². The van der Waals surface area contributed by atoms with Crippen LogP contribution in [0.5, 0.6) is 0 Å². The van der Waals surface area contributed by atoms with Crippen molar-refractivity contribution in [3.05, 3.63) is 83.2 Å². The monoisotopic (exact) mass is 447 g/mol. The van der Waals surface area contributed by atoms with E-state index in [9.17, 15) is 4.21 Å². The Bertz CT molecular complexity index is 1280. The molecule has 0 saturated carbocycles. The number of hydrogen-bond donors (Lipinski definition) is 1. The van der Waals surface area contributed by atoms with Crippen molar-refractivity contribution >= 4 is 22.0 Å². The third-order valence-electron chi connectivity index (χ3n) is 6.10. The molecule has 0 radical (unpaired) electrons. The van der Waals surface area contributed by atoms with Gasteiger partial charge in [-0.3, -0.25) is 10.1 Å². The molecule has 166 valence electrons. The first-order valence-corrected chi connectivity index (χ1v) is 12.0. The molecular weight excluding hydrogens is 418 g/mol. The van der Waals surface area contributed by atoms with Crippen LogP contribution in [0.3, 0.4) is 0 Å². The number of pyridine rings is 1. The number of aryl methyl sites for hydroxylation is 2. The molecule has 0 spiro atoms. The maximum atomic E-state index is 12.3. The summed E-state index contributed by atoms with van der Waals surface area (Å²) in [5.74, 6) is 0.0529. The number of nitrogens with zero attached hydrogens (tertiary/aromatic N) is 2. The van der Waals surface area contributed by atoms with Crippen molar-refractivity contribution in [2.75, 3.05) is 0 Å². The molecule has 2 atom stereocenters. The van der Waals surface area contributed by atoms with Gasteiger partial charge in [-0.1, -0.05) is 47.6 Å². The van der Waals surface area contributed by atoms with E-state index in [2.05, 4.69) is 30.3 Å². The Balaban J connectivity index is 1.84. The van der Waals surface area contributed by atoms with Crippen molar-refractivity contribution in [3.8, 4) is 11.3 Å². The molecule has 2 aromatic heterocycles. The summed E-state index contributed by atoms with van der Waals surface area (Å²) in [7, 11) is -1.46. The molecule has 2 heterocycles. The molecule has 0 bridgehead atoms. The number of fused-ring (bicyclic) bond motifs is 1. The number of nitrogens with two attached hydrogens (primary N) is 1. The number of hydrogen-bond acceptors (Lipinski definition) is 4. The van der Waals surface area contributed by atoms with Crippen LogP contribution in [0.1, 0.15) is 48.7 Å². The zero-order valence-electron chi connectivity index (χ0n) is 19.0. The predicted molar refractivity (Wildman–Crippen MR) is 131 cm³/mol. The van der Waals surface area contributed by atoms with Crippen LogP contribution < -0.4 is 5.14 Å². The molecule has 4 aromatic rings. The minimum absolute atomic E-state index is 0.0529. The topological polar surface area (TPSA) is 82.0 Å². The Labute approximate surface area is 191 Å². The molecule has 2 N–H and O–H groups in total. The lowest BCUT2D eigenvalue weighted by Gasteiger charge is -2.29. The van der Waals surface area contributed by atoms with Gasteiger partial charge in [0.1, 0.15) is 5.69 Å². The second-order valence-corrected chi connectivity index (χ2v) is 10.7. The van der Waals surface area contributed by atoms with Gasteiger partial charge in [0.2, 0.25) is 0 Å². The van der Waals surface area contributed by atoms with E-state index in [1.807, 2.05) is 63.2 Å². The van der Waals surface area contributed by atoms with Crippen molar-refractivity contribution in [1.82, 2.24) is 10.1 Å². The van der Waals surface area contributed by atoms with Gasteiger partial charge in [-0.05, 0) is 75.8 Å². The first-order valence-electron chi connectivity index (χ1n) is 10.8. The summed E-state index contributed by atoms with van der Waals surface area (Å²) < 4.78 is 17.4. The summed E-state index contributed by atoms with van der Waals surface area (Å²) in [4.78, 5) is 4.81. The Morgan fingerprint density at radius 1 is 1.03 bits per heavy atom. The van der Waals surface area contributed by atoms with Crippen molar-refractivity contribution < 1.29 is 8.73 Å². The molecular formula is C26H29N3O2S. The Hall–Kier alpha value is -2.83. The van der Waals surface area contributed by atoms with Crippen LogP contribution in [0, 0.1) is 13.8 Å². The van der Waals surface area contributed by atoms with E-state index in [1.165, 1.54) is 0 Å². The smallest absolute Gasteiger partial charge is 0.167 e. The van der Waals surface area contributed by atoms with Gasteiger partial charge in [0.25, 0.3) is 0 Å². The van der Waals surface area contributed by atoms with Gasteiger partial charge in [0, 0.05) is 22.3 Å². The molecule has 6 heteroatoms. The summed E-state index contributed by atoms with van der Waals surface area (Å²) in [6.45, 7) is 8.01. The Morgan fingerprint density at radius 3 is 2.53 bits per heavy atom. The summed E-state index contributed by atoms with van der Waals surface area (Å²) >= 11 is 0. The first-order chi connectivity index (χ1) is 15.3. The minimum atomic E-state index is -1.46. The highest BCUT2D eigenvalue weighted by Crippen LogP contribution is 2.39. The maximum Gasteiger partial charge on any atom is 0.167 e. The number of para-hydroxylation sites is 1. The largest absolute Gasteiger partial charge is 0.356 e. The van der Waals surface area contributed by atoms with Crippen LogP contribution >= 0.6 is 0 Å². The van der Waals surface area contributed by atoms with Gasteiger partial charge < -0.3 is 4.52 Å². The minimum Gasteiger partial charge on any atom is -0.356 e. The van der Waals surface area contributed by atoms with Gasteiger partial charge >= 0.3 is 0 Å². The summed E-state index contributed by atoms with van der Waals surface area (Å²) in [5, 5.41) is 11.3. The van der Waals surface area contributed by atoms with Crippen LogP contribution in [0.15, 0.2) is 65.2 Å². The first kappa shape index (κ1) is 22.4. The quantitative estimate of drug-likeness (QED) is 0.398. The van der Waals surface area contributed by atoms with Gasteiger partial charge in [0.05, 0.1) is 15.7 Å². The number of aromatic nitrogens is 2. The molecule has 4 rings (SSSR count). The van der Waals surface area contributed by atoms with E-state index in [1.54, 1.807) is 0 Å². The highest BCUT2D eigenvalue weighted by molar-refractivity contribution is 7.84. The number of benzene rings is 2. The third-order valence-corrected chi connectivity index (χ3v) is 7.35. The lowest BCUT2D eigenvalue weighted by Crippen LogP contribution is -2.34. The third kappa shape index (κ3) is 4.52. The molecule has 0 fully saturated rings. The predicted octanol–water partition coefficient (Wildman–Crippen LogP) is 5.62. The summed E-state index contributed by atoms with van der Waals surface area (Å²) in [6, 6.07) is 20.3. The number of rotatable bonds is 7. The van der Waals surface area contributed by atoms with Gasteiger partial charge in [-0.25, -0.2) is 4.21 Å². The fraction of sp³-hybridized carbons (Fsp3) is 0.308. The van der Waals surface area contributed by atoms with Crippen molar-refractivity contribution in [3.63, 3.8) is 0 Å². The van der Waals surface area contributed by atoms with E-state index in [-0.39, 0.29) is 5.92 Å². The van der Waals surface area contributed by atoms with Crippen molar-refractivity contribution in [1.29, 1.82) is 0 Å². The van der Waals surface area contributed by atoms with E-state index < -0.39 is 15.7 Å². The molecule has 0 amide bonds. The average Bonchev–Trinajstić information content (AvgIpc) is 3.19. The van der Waals surface area contributed by atoms with Gasteiger partial charge in [-0.2, -0.15) is 0 Å². The van der Waals surface area contributed by atoms with Gasteiger partial charge in [-0.15, -0.1) is 0 Å². The van der Waals surface area contributed by atoms with E-state index in [0.717, 1.165) is 51.2 Å². The van der Waals surface area contributed by atoms with Crippen molar-refractivity contribution in [2.45, 2.75) is 51.2 Å². The fourth-order valence-electron chi connectivity index (χ4n) is 4.24. The molecule has 0 saturated heterocycles. The van der Waals surface area contributed by atoms with E-state index in [0.29, 0.717) is 6.42 Å². The maximum absolute atomic E-state index is 12.3. The Kier molecular flexibility index (Phi) is 6.26. The average molecular weight is 448 g/mol. The Morgan fingerprint density at radius 2 is 1.75 bits per heavy atom. The van der Waals surface area contributed by atoms with Crippen LogP contribution in [-0.2, 0) is 17.4 Å². The summed E-state index contributed by atoms with van der Waals surface area (Å²) in [5.41, 5.74) is 6.92. The lowest BCUT2D eigenvalue weighted by molar-refractivity contribution is 0.459. The lowest BCUT2D eigenvalue weighted by atomic mass is 9.82.